The maximum Gasteiger partial charge on any atom is 0.211 e. The van der Waals surface area contributed by atoms with Gasteiger partial charge in [-0.15, -0.1) is 0 Å². The molecule has 1 aromatic heterocycles. The largest absolute Gasteiger partial charge is 0.223 e. The van der Waals surface area contributed by atoms with Crippen molar-refractivity contribution < 1.29 is 8.42 Å². The van der Waals surface area contributed by atoms with Gasteiger partial charge in [0.25, 0.3) is 0 Å². The van der Waals surface area contributed by atoms with Gasteiger partial charge in [-0.05, 0) is 31.5 Å². The molecule has 1 atom stereocenters. The van der Waals surface area contributed by atoms with Crippen molar-refractivity contribution in [2.75, 3.05) is 5.75 Å². The van der Waals surface area contributed by atoms with Gasteiger partial charge < -0.3 is 0 Å². The number of benzene rings is 1. The van der Waals surface area contributed by atoms with Crippen LogP contribution in [-0.4, -0.2) is 28.9 Å². The van der Waals surface area contributed by atoms with E-state index in [1.54, 1.807) is 17.9 Å². The molecular formula is C12H16N4O2S. The van der Waals surface area contributed by atoms with E-state index in [2.05, 4.69) is 14.8 Å². The Bertz CT molecular complexity index is 638. The lowest BCUT2D eigenvalue weighted by molar-refractivity contribution is 0.568. The molecule has 102 valence electrons. The minimum absolute atomic E-state index is 0.0696. The fourth-order valence-electron chi connectivity index (χ4n) is 1.70. The Balaban J connectivity index is 2.24. The third kappa shape index (κ3) is 3.39. The van der Waals surface area contributed by atoms with Crippen LogP contribution in [-0.2, 0) is 10.0 Å². The van der Waals surface area contributed by atoms with Crippen molar-refractivity contribution in [2.45, 2.75) is 19.9 Å². The summed E-state index contributed by atoms with van der Waals surface area (Å²) in [6.45, 7) is 3.43. The molecule has 0 radical (unpaired) electrons. The van der Waals surface area contributed by atoms with Crippen LogP contribution in [0.15, 0.2) is 36.9 Å². The molecule has 0 aliphatic carbocycles. The molecule has 7 heteroatoms. The summed E-state index contributed by atoms with van der Waals surface area (Å²) in [5.74, 6) is 0.0696. The summed E-state index contributed by atoms with van der Waals surface area (Å²) in [7, 11) is -3.22. The third-order valence-electron chi connectivity index (χ3n) is 2.79. The molecule has 19 heavy (non-hydrogen) atoms. The highest BCUT2D eigenvalue weighted by atomic mass is 32.2. The second-order valence-corrected chi connectivity index (χ2v) is 6.22. The summed E-state index contributed by atoms with van der Waals surface area (Å²) >= 11 is 0. The Morgan fingerprint density at radius 1 is 1.42 bits per heavy atom. The molecule has 6 nitrogen and oxygen atoms in total. The van der Waals surface area contributed by atoms with Gasteiger partial charge in [0.1, 0.15) is 12.7 Å². The Morgan fingerprint density at radius 2 is 2.21 bits per heavy atom. The number of nitrogens with one attached hydrogen (secondary N) is 1. The van der Waals surface area contributed by atoms with Crippen LogP contribution in [0.25, 0.3) is 5.69 Å². The Hall–Kier alpha value is -1.73. The molecule has 1 N–H and O–H groups in total. The minimum Gasteiger partial charge on any atom is -0.223 e. The van der Waals surface area contributed by atoms with E-state index < -0.39 is 10.0 Å². The molecule has 0 bridgehead atoms. The molecular weight excluding hydrogens is 264 g/mol. The first kappa shape index (κ1) is 13.7. The Labute approximate surface area is 112 Å². The number of nitrogens with zero attached hydrogens (tertiary/aromatic N) is 3. The fourth-order valence-corrected chi connectivity index (χ4v) is 2.54. The number of rotatable bonds is 5. The van der Waals surface area contributed by atoms with Crippen LogP contribution in [0, 0.1) is 0 Å². The molecule has 2 aromatic rings. The Kier molecular flexibility index (Phi) is 3.96. The lowest BCUT2D eigenvalue weighted by atomic mass is 10.1. The van der Waals surface area contributed by atoms with Crippen molar-refractivity contribution >= 4 is 10.0 Å². The number of hydrogen-bond donors (Lipinski definition) is 1. The van der Waals surface area contributed by atoms with Crippen LogP contribution < -0.4 is 4.72 Å². The predicted octanol–water partition coefficient (Wildman–Crippen LogP) is 1.27. The average molecular weight is 280 g/mol. The van der Waals surface area contributed by atoms with E-state index in [9.17, 15) is 8.42 Å². The molecule has 1 aromatic carbocycles. The maximum absolute atomic E-state index is 11.6. The summed E-state index contributed by atoms with van der Waals surface area (Å²) in [4.78, 5) is 3.89. The van der Waals surface area contributed by atoms with Crippen molar-refractivity contribution in [1.82, 2.24) is 19.5 Å². The molecule has 0 aliphatic rings. The second kappa shape index (κ2) is 5.50. The lowest BCUT2D eigenvalue weighted by Crippen LogP contribution is -2.28. The maximum atomic E-state index is 11.6. The molecule has 1 unspecified atom stereocenters. The van der Waals surface area contributed by atoms with Gasteiger partial charge in [0.2, 0.25) is 10.0 Å². The smallest absolute Gasteiger partial charge is 0.211 e. The topological polar surface area (TPSA) is 76.9 Å². The van der Waals surface area contributed by atoms with Crippen molar-refractivity contribution in [3.63, 3.8) is 0 Å². The molecule has 0 amide bonds. The first-order valence-electron chi connectivity index (χ1n) is 5.97. The molecule has 1 heterocycles. The summed E-state index contributed by atoms with van der Waals surface area (Å²) < 4.78 is 27.4. The minimum atomic E-state index is -3.22. The van der Waals surface area contributed by atoms with E-state index in [1.807, 2.05) is 31.2 Å². The average Bonchev–Trinajstić information content (AvgIpc) is 2.92. The summed E-state index contributed by atoms with van der Waals surface area (Å²) in [5.41, 5.74) is 1.72. The molecule has 0 spiro atoms. The summed E-state index contributed by atoms with van der Waals surface area (Å²) in [6.07, 6.45) is 3.05. The summed E-state index contributed by atoms with van der Waals surface area (Å²) in [5, 5.41) is 4.04. The van der Waals surface area contributed by atoms with Gasteiger partial charge in [0, 0.05) is 6.04 Å². The third-order valence-corrected chi connectivity index (χ3v) is 4.26. The van der Waals surface area contributed by atoms with Crippen LogP contribution in [0.4, 0.5) is 0 Å². The van der Waals surface area contributed by atoms with Gasteiger partial charge in [0.15, 0.2) is 0 Å². The summed E-state index contributed by atoms with van der Waals surface area (Å²) in [6, 6.07) is 7.23. The zero-order chi connectivity index (χ0) is 13.9. The fraction of sp³-hybridized carbons (Fsp3) is 0.333. The first-order chi connectivity index (χ1) is 9.02. The van der Waals surface area contributed by atoms with E-state index in [1.165, 1.54) is 6.33 Å². The molecule has 0 aliphatic heterocycles. The highest BCUT2D eigenvalue weighted by molar-refractivity contribution is 7.89. The van der Waals surface area contributed by atoms with Crippen molar-refractivity contribution in [3.8, 4) is 5.69 Å². The highest BCUT2D eigenvalue weighted by Crippen LogP contribution is 2.17. The standard InChI is InChI=1S/C12H16N4O2S/c1-3-19(17,18)15-10(2)11-5-4-6-12(7-11)16-9-13-8-14-16/h4-10,15H,3H2,1-2H3. The van der Waals surface area contributed by atoms with E-state index >= 15 is 0 Å². The van der Waals surface area contributed by atoms with Crippen LogP contribution in [0.2, 0.25) is 0 Å². The van der Waals surface area contributed by atoms with E-state index in [0.29, 0.717) is 0 Å². The van der Waals surface area contributed by atoms with Crippen molar-refractivity contribution in [3.05, 3.63) is 42.5 Å². The van der Waals surface area contributed by atoms with Gasteiger partial charge >= 0.3 is 0 Å². The lowest BCUT2D eigenvalue weighted by Gasteiger charge is -2.14. The zero-order valence-corrected chi connectivity index (χ0v) is 11.6. The van der Waals surface area contributed by atoms with E-state index in [4.69, 9.17) is 0 Å². The monoisotopic (exact) mass is 280 g/mol. The van der Waals surface area contributed by atoms with E-state index in [0.717, 1.165) is 11.3 Å². The number of hydrogen-bond acceptors (Lipinski definition) is 4. The van der Waals surface area contributed by atoms with Crippen molar-refractivity contribution in [1.29, 1.82) is 0 Å². The molecule has 0 saturated carbocycles. The zero-order valence-electron chi connectivity index (χ0n) is 10.8. The quantitative estimate of drug-likeness (QED) is 0.894. The molecule has 0 saturated heterocycles. The first-order valence-corrected chi connectivity index (χ1v) is 7.62. The molecule has 2 rings (SSSR count). The van der Waals surface area contributed by atoms with Gasteiger partial charge in [-0.2, -0.15) is 5.10 Å². The van der Waals surface area contributed by atoms with Crippen LogP contribution in [0.5, 0.6) is 0 Å². The highest BCUT2D eigenvalue weighted by Gasteiger charge is 2.14. The van der Waals surface area contributed by atoms with Crippen LogP contribution >= 0.6 is 0 Å². The SMILES string of the molecule is CCS(=O)(=O)NC(C)c1cccc(-n2cncn2)c1. The van der Waals surface area contributed by atoms with Gasteiger partial charge in [-0.1, -0.05) is 12.1 Å². The van der Waals surface area contributed by atoms with Crippen molar-refractivity contribution in [2.24, 2.45) is 0 Å². The normalized spacial score (nSPS) is 13.4. The second-order valence-electron chi connectivity index (χ2n) is 4.18. The Morgan fingerprint density at radius 3 is 2.84 bits per heavy atom. The van der Waals surface area contributed by atoms with Gasteiger partial charge in [0.05, 0.1) is 11.4 Å². The van der Waals surface area contributed by atoms with Crippen LogP contribution in [0.3, 0.4) is 0 Å². The van der Waals surface area contributed by atoms with E-state index in [-0.39, 0.29) is 11.8 Å². The number of aromatic nitrogens is 3. The van der Waals surface area contributed by atoms with Gasteiger partial charge in [-0.3, -0.25) is 0 Å². The predicted molar refractivity (Wildman–Crippen MR) is 72.4 cm³/mol. The molecule has 0 fully saturated rings. The number of sulfonamides is 1. The van der Waals surface area contributed by atoms with Crippen LogP contribution in [0.1, 0.15) is 25.5 Å². The van der Waals surface area contributed by atoms with Gasteiger partial charge in [-0.25, -0.2) is 22.8 Å².